The van der Waals surface area contributed by atoms with E-state index in [2.05, 4.69) is 29.9 Å². The molecule has 1 saturated heterocycles. The maximum atomic E-state index is 13.2. The van der Waals surface area contributed by atoms with Crippen molar-refractivity contribution in [2.24, 2.45) is 0 Å². The van der Waals surface area contributed by atoms with Crippen LogP contribution in [0.1, 0.15) is 30.5 Å². The summed E-state index contributed by atoms with van der Waals surface area (Å²) in [5, 5.41) is 4.10. The molecular formula is C30H31N9O5S2. The van der Waals surface area contributed by atoms with Crippen LogP contribution >= 0.6 is 11.3 Å². The Morgan fingerprint density at radius 1 is 1.00 bits per heavy atom. The number of nitrogens with one attached hydrogen (secondary N) is 4. The van der Waals surface area contributed by atoms with E-state index in [4.69, 9.17) is 14.7 Å². The average molecular weight is 662 g/mol. The number of hydrogen-bond acceptors (Lipinski definition) is 12. The summed E-state index contributed by atoms with van der Waals surface area (Å²) in [5.74, 6) is 1.39. The number of ether oxygens (including phenoxy) is 1. The predicted molar refractivity (Wildman–Crippen MR) is 176 cm³/mol. The number of aryl methyl sites for hydroxylation is 1. The van der Waals surface area contributed by atoms with Gasteiger partial charge in [0.2, 0.25) is 5.95 Å². The number of aromatic amines is 2. The van der Waals surface area contributed by atoms with Gasteiger partial charge in [0, 0.05) is 42.1 Å². The Labute approximate surface area is 268 Å². The van der Waals surface area contributed by atoms with Crippen LogP contribution in [0.3, 0.4) is 0 Å². The van der Waals surface area contributed by atoms with Gasteiger partial charge in [-0.1, -0.05) is 26.0 Å². The molecule has 16 heteroatoms. The van der Waals surface area contributed by atoms with Crippen LogP contribution in [0, 0.1) is 6.92 Å². The highest BCUT2D eigenvalue weighted by molar-refractivity contribution is 7.92. The second kappa shape index (κ2) is 12.8. The number of sulfonamides is 1. The van der Waals surface area contributed by atoms with Crippen LogP contribution in [-0.4, -0.2) is 64.6 Å². The summed E-state index contributed by atoms with van der Waals surface area (Å²) in [5.41, 5.74) is 0.973. The fraction of sp³-hybridized carbons (Fsp3) is 0.267. The van der Waals surface area contributed by atoms with Gasteiger partial charge < -0.3 is 19.9 Å². The van der Waals surface area contributed by atoms with Crippen molar-refractivity contribution in [2.75, 3.05) is 41.2 Å². The minimum atomic E-state index is -4.33. The lowest BCUT2D eigenvalue weighted by atomic mass is 10.1. The Hall–Kier alpha value is -4.93. The van der Waals surface area contributed by atoms with Gasteiger partial charge in [0.05, 0.1) is 46.4 Å². The zero-order valence-electron chi connectivity index (χ0n) is 25.2. The fourth-order valence-electron chi connectivity index (χ4n) is 4.92. The molecule has 0 bridgehead atoms. The zero-order valence-corrected chi connectivity index (χ0v) is 26.8. The van der Waals surface area contributed by atoms with E-state index in [1.807, 2.05) is 37.0 Å². The third-order valence-electron chi connectivity index (χ3n) is 7.10. The van der Waals surface area contributed by atoms with E-state index in [9.17, 15) is 18.0 Å². The summed E-state index contributed by atoms with van der Waals surface area (Å²) >= 11 is 1.49. The first-order valence-corrected chi connectivity index (χ1v) is 16.7. The molecule has 5 aromatic rings. The van der Waals surface area contributed by atoms with Crippen molar-refractivity contribution in [3.05, 3.63) is 86.4 Å². The Morgan fingerprint density at radius 2 is 1.80 bits per heavy atom. The van der Waals surface area contributed by atoms with Crippen molar-refractivity contribution in [1.29, 1.82) is 0 Å². The van der Waals surface area contributed by atoms with Crippen LogP contribution in [-0.2, 0) is 14.8 Å². The molecule has 1 fully saturated rings. The Bertz CT molecular complexity index is 2100. The van der Waals surface area contributed by atoms with E-state index in [-0.39, 0.29) is 17.3 Å². The van der Waals surface area contributed by atoms with E-state index < -0.39 is 26.2 Å². The third-order valence-corrected chi connectivity index (χ3v) is 10.0. The van der Waals surface area contributed by atoms with Crippen molar-refractivity contribution in [2.45, 2.75) is 31.6 Å². The molecular weight excluding hydrogens is 631 g/mol. The monoisotopic (exact) mass is 661 g/mol. The molecule has 4 aromatic heterocycles. The number of thiazole rings is 1. The quantitative estimate of drug-likeness (QED) is 0.180. The summed E-state index contributed by atoms with van der Waals surface area (Å²) in [7, 11) is -4.33. The van der Waals surface area contributed by atoms with E-state index in [1.165, 1.54) is 18.3 Å². The molecule has 0 amide bonds. The molecule has 4 N–H and O–H groups in total. The van der Waals surface area contributed by atoms with Gasteiger partial charge in [0.25, 0.3) is 15.6 Å². The van der Waals surface area contributed by atoms with Crippen molar-refractivity contribution in [1.82, 2.24) is 29.9 Å². The van der Waals surface area contributed by atoms with Gasteiger partial charge in [-0.15, -0.1) is 11.3 Å². The lowest BCUT2D eigenvalue weighted by Crippen LogP contribution is -2.36. The summed E-state index contributed by atoms with van der Waals surface area (Å²) in [4.78, 5) is 49.2. The van der Waals surface area contributed by atoms with Gasteiger partial charge in [0.1, 0.15) is 5.82 Å². The highest BCUT2D eigenvalue weighted by Gasteiger charge is 2.24. The lowest BCUT2D eigenvalue weighted by Gasteiger charge is -2.27. The maximum Gasteiger partial charge on any atom is 0.325 e. The highest BCUT2D eigenvalue weighted by Crippen LogP contribution is 2.39. The molecule has 1 aliphatic heterocycles. The number of nitrogens with zero attached hydrogens (tertiary/aromatic N) is 5. The molecule has 5 heterocycles. The molecule has 0 radical (unpaired) electrons. The molecule has 0 aliphatic carbocycles. The number of H-pyrrole nitrogens is 2. The molecule has 6 rings (SSSR count). The molecule has 0 unspecified atom stereocenters. The zero-order chi connectivity index (χ0) is 32.4. The Morgan fingerprint density at radius 3 is 2.52 bits per heavy atom. The van der Waals surface area contributed by atoms with Gasteiger partial charge in [-0.25, -0.2) is 33.1 Å². The molecule has 238 valence electrons. The first-order valence-electron chi connectivity index (χ1n) is 14.4. The minimum Gasteiger partial charge on any atom is -0.378 e. The van der Waals surface area contributed by atoms with Crippen molar-refractivity contribution in [3.63, 3.8) is 0 Å². The smallest absolute Gasteiger partial charge is 0.325 e. The average Bonchev–Trinajstić information content (AvgIpc) is 3.48. The highest BCUT2D eigenvalue weighted by atomic mass is 32.2. The van der Waals surface area contributed by atoms with Gasteiger partial charge >= 0.3 is 5.69 Å². The number of morpholine rings is 1. The number of aromatic nitrogens is 6. The van der Waals surface area contributed by atoms with Gasteiger partial charge in [-0.3, -0.25) is 14.5 Å². The van der Waals surface area contributed by atoms with Crippen LogP contribution in [0.25, 0.3) is 21.8 Å². The van der Waals surface area contributed by atoms with Crippen LogP contribution in [0.4, 0.5) is 23.1 Å². The Kier molecular flexibility index (Phi) is 8.66. The minimum absolute atomic E-state index is 0.0715. The van der Waals surface area contributed by atoms with Crippen LogP contribution < -0.4 is 26.2 Å². The number of pyridine rings is 1. The molecule has 46 heavy (non-hydrogen) atoms. The summed E-state index contributed by atoms with van der Waals surface area (Å²) in [6, 6.07) is 12.4. The molecule has 14 nitrogen and oxygen atoms in total. The number of hydrogen-bond donors (Lipinski definition) is 4. The van der Waals surface area contributed by atoms with E-state index in [0.29, 0.717) is 36.1 Å². The molecule has 0 saturated carbocycles. The van der Waals surface area contributed by atoms with Crippen LogP contribution in [0.5, 0.6) is 0 Å². The first kappa shape index (κ1) is 31.1. The Balaban J connectivity index is 1.29. The van der Waals surface area contributed by atoms with Gasteiger partial charge in [0.15, 0.2) is 4.90 Å². The molecule has 1 aromatic carbocycles. The molecule has 1 aliphatic rings. The van der Waals surface area contributed by atoms with E-state index >= 15 is 0 Å². The molecule has 0 atom stereocenters. The van der Waals surface area contributed by atoms with Crippen molar-refractivity contribution >= 4 is 44.5 Å². The van der Waals surface area contributed by atoms with E-state index in [1.54, 1.807) is 36.7 Å². The van der Waals surface area contributed by atoms with Gasteiger partial charge in [-0.05, 0) is 37.3 Å². The standard InChI is InChI=1S/C30H31N9O5S2/c1-17(2)28-36-24(19-5-4-6-20(15-19)38-46(42,43)26-18(3)33-30(41)37-27(26)40)25(45-28)22-9-10-31-29(35-22)34-21-7-8-23(32-16-21)39-11-13-44-14-12-39/h4-10,15-17,38H,11-14H2,1-3H3,(H,31,34,35)(H2,33,37,40,41). The first-order chi connectivity index (χ1) is 22.1. The SMILES string of the molecule is Cc1[nH]c(=O)[nH]c(=O)c1S(=O)(=O)Nc1cccc(-c2nc(C(C)C)sc2-c2ccnc(Nc3ccc(N4CCOCC4)nc3)n2)c1. The van der Waals surface area contributed by atoms with E-state index in [0.717, 1.165) is 34.5 Å². The molecule has 0 spiro atoms. The van der Waals surface area contributed by atoms with Crippen LogP contribution in [0.15, 0.2) is 69.3 Å². The maximum absolute atomic E-state index is 13.2. The largest absolute Gasteiger partial charge is 0.378 e. The predicted octanol–water partition coefficient (Wildman–Crippen LogP) is 3.85. The number of rotatable bonds is 9. The van der Waals surface area contributed by atoms with Gasteiger partial charge in [-0.2, -0.15) is 0 Å². The van der Waals surface area contributed by atoms with Crippen molar-refractivity contribution < 1.29 is 13.2 Å². The summed E-state index contributed by atoms with van der Waals surface area (Å²) < 4.78 is 34.2. The summed E-state index contributed by atoms with van der Waals surface area (Å²) in [6.07, 6.45) is 3.40. The number of anilines is 4. The second-order valence-corrected chi connectivity index (χ2v) is 13.5. The third kappa shape index (κ3) is 6.68. The topological polar surface area (TPSA) is 188 Å². The number of benzene rings is 1. The summed E-state index contributed by atoms with van der Waals surface area (Å²) in [6.45, 7) is 8.38. The fourth-order valence-corrected chi connectivity index (χ4v) is 7.26. The van der Waals surface area contributed by atoms with Crippen molar-refractivity contribution in [3.8, 4) is 21.8 Å². The lowest BCUT2D eigenvalue weighted by molar-refractivity contribution is 0.122. The second-order valence-electron chi connectivity index (χ2n) is 10.8. The normalized spacial score (nSPS) is 13.6. The van der Waals surface area contributed by atoms with Crippen LogP contribution in [0.2, 0.25) is 0 Å².